The van der Waals surface area contributed by atoms with E-state index in [0.717, 1.165) is 4.90 Å². The molecule has 0 aliphatic rings. The number of ether oxygens (including phenoxy) is 1. The highest BCUT2D eigenvalue weighted by atomic mass is 32.2. The number of nitrogens with one attached hydrogen (secondary N) is 1. The van der Waals surface area contributed by atoms with Crippen LogP contribution in [0.3, 0.4) is 0 Å². The van der Waals surface area contributed by atoms with Gasteiger partial charge in [-0.3, -0.25) is 9.59 Å². The molecule has 1 rings (SSSR count). The van der Waals surface area contributed by atoms with Gasteiger partial charge in [0.2, 0.25) is 0 Å². The molecule has 1 aromatic rings. The number of hydrogen-bond donors (Lipinski definition) is 2. The summed E-state index contributed by atoms with van der Waals surface area (Å²) in [5.74, 6) is -0.895. The van der Waals surface area contributed by atoms with Crippen LogP contribution in [0.1, 0.15) is 38.7 Å². The van der Waals surface area contributed by atoms with Crippen molar-refractivity contribution >= 4 is 29.3 Å². The maximum atomic E-state index is 12.2. The Morgan fingerprint density at radius 3 is 2.75 bits per heavy atom. The van der Waals surface area contributed by atoms with Gasteiger partial charge < -0.3 is 15.2 Å². The first-order valence-corrected chi connectivity index (χ1v) is 8.84. The largest absolute Gasteiger partial charge is 0.466 e. The van der Waals surface area contributed by atoms with E-state index >= 15 is 0 Å². The molecule has 2 N–H and O–H groups in total. The Bertz CT molecular complexity index is 638. The molecule has 1 aromatic carbocycles. The first kappa shape index (κ1) is 20.0. The van der Waals surface area contributed by atoms with Crippen LogP contribution in [0, 0.1) is 11.3 Å². The molecule has 1 unspecified atom stereocenters. The van der Waals surface area contributed by atoms with Crippen LogP contribution < -0.4 is 5.32 Å². The molecule has 6 nitrogen and oxygen atoms in total. The summed E-state index contributed by atoms with van der Waals surface area (Å²) in [7, 11) is 0. The second kappa shape index (κ2) is 9.30. The zero-order chi connectivity index (χ0) is 18.2. The Labute approximate surface area is 146 Å². The zero-order valence-electron chi connectivity index (χ0n) is 14.1. The number of benzene rings is 1. The summed E-state index contributed by atoms with van der Waals surface area (Å²) < 4.78 is 4.81. The average Bonchev–Trinajstić information content (AvgIpc) is 2.54. The summed E-state index contributed by atoms with van der Waals surface area (Å²) in [5, 5.41) is 21.9. The SMILES string of the molecule is CCOC(=O)CCCC(C)(O)C(=O)Nc1ccc(C#N)c(SC)c1. The molecule has 0 heterocycles. The fraction of sp³-hybridized carbons (Fsp3) is 0.471. The van der Waals surface area contributed by atoms with Gasteiger partial charge in [0.05, 0.1) is 12.2 Å². The van der Waals surface area contributed by atoms with E-state index in [2.05, 4.69) is 11.4 Å². The molecule has 7 heteroatoms. The third-order valence-electron chi connectivity index (χ3n) is 3.42. The number of nitriles is 1. The standard InChI is InChI=1S/C17H22N2O4S/c1-4-23-15(20)6-5-9-17(2,22)16(21)19-13-8-7-12(11-18)14(10-13)24-3/h7-8,10,22H,4-6,9H2,1-3H3,(H,19,21). The van der Waals surface area contributed by atoms with Gasteiger partial charge in [-0.05, 0) is 51.1 Å². The van der Waals surface area contributed by atoms with Crippen LogP contribution in [0.5, 0.6) is 0 Å². The van der Waals surface area contributed by atoms with E-state index in [9.17, 15) is 14.7 Å². The molecule has 0 saturated heterocycles. The van der Waals surface area contributed by atoms with Gasteiger partial charge in [-0.1, -0.05) is 0 Å². The van der Waals surface area contributed by atoms with Gasteiger partial charge in [0.1, 0.15) is 11.7 Å². The van der Waals surface area contributed by atoms with Gasteiger partial charge in [-0.2, -0.15) is 5.26 Å². The normalized spacial score (nSPS) is 12.8. The Hall–Kier alpha value is -2.04. The Morgan fingerprint density at radius 2 is 2.17 bits per heavy atom. The predicted octanol–water partition coefficient (Wildman–Crippen LogP) is 2.70. The minimum absolute atomic E-state index is 0.142. The fourth-order valence-electron chi connectivity index (χ4n) is 2.05. The van der Waals surface area contributed by atoms with E-state index in [1.54, 1.807) is 25.1 Å². The molecular formula is C17H22N2O4S. The van der Waals surface area contributed by atoms with Crippen LogP contribution in [-0.4, -0.2) is 35.4 Å². The summed E-state index contributed by atoms with van der Waals surface area (Å²) in [6.07, 6.45) is 2.49. The summed E-state index contributed by atoms with van der Waals surface area (Å²) in [5.41, 5.74) is -0.560. The van der Waals surface area contributed by atoms with E-state index in [-0.39, 0.29) is 18.8 Å². The number of carbonyl (C=O) groups excluding carboxylic acids is 2. The minimum Gasteiger partial charge on any atom is -0.466 e. The number of esters is 1. The highest BCUT2D eigenvalue weighted by Gasteiger charge is 2.30. The summed E-state index contributed by atoms with van der Waals surface area (Å²) in [6, 6.07) is 7.01. The Kier molecular flexibility index (Phi) is 7.75. The molecule has 1 atom stereocenters. The second-order valence-corrected chi connectivity index (χ2v) is 6.26. The molecule has 0 aliphatic carbocycles. The number of aliphatic hydroxyl groups is 1. The molecule has 24 heavy (non-hydrogen) atoms. The molecule has 0 saturated carbocycles. The van der Waals surface area contributed by atoms with Crippen molar-refractivity contribution in [1.82, 2.24) is 0 Å². The van der Waals surface area contributed by atoms with Crippen molar-refractivity contribution in [3.05, 3.63) is 23.8 Å². The van der Waals surface area contributed by atoms with Crippen molar-refractivity contribution in [3.63, 3.8) is 0 Å². The van der Waals surface area contributed by atoms with E-state index in [1.165, 1.54) is 18.7 Å². The van der Waals surface area contributed by atoms with Crippen LogP contribution in [-0.2, 0) is 14.3 Å². The third-order valence-corrected chi connectivity index (χ3v) is 4.20. The molecule has 0 bridgehead atoms. The first-order chi connectivity index (χ1) is 11.3. The van der Waals surface area contributed by atoms with Gasteiger partial charge in [-0.15, -0.1) is 11.8 Å². The van der Waals surface area contributed by atoms with Crippen molar-refractivity contribution < 1.29 is 19.4 Å². The molecule has 0 spiro atoms. The number of carbonyl (C=O) groups is 2. The molecular weight excluding hydrogens is 328 g/mol. The Balaban J connectivity index is 2.65. The lowest BCUT2D eigenvalue weighted by Gasteiger charge is -2.22. The maximum absolute atomic E-state index is 12.2. The smallest absolute Gasteiger partial charge is 0.305 e. The van der Waals surface area contributed by atoms with Crippen molar-refractivity contribution in [2.45, 2.75) is 43.6 Å². The molecule has 0 fully saturated rings. The molecule has 1 amide bonds. The highest BCUT2D eigenvalue weighted by molar-refractivity contribution is 7.98. The highest BCUT2D eigenvalue weighted by Crippen LogP contribution is 2.25. The number of nitrogens with zero attached hydrogens (tertiary/aromatic N) is 1. The lowest BCUT2D eigenvalue weighted by Crippen LogP contribution is -2.40. The van der Waals surface area contributed by atoms with Crippen LogP contribution >= 0.6 is 11.8 Å². The fourth-order valence-corrected chi connectivity index (χ4v) is 2.63. The molecule has 130 valence electrons. The molecule has 0 aliphatic heterocycles. The molecule has 0 aromatic heterocycles. The summed E-state index contributed by atoms with van der Waals surface area (Å²) >= 11 is 1.40. The minimum atomic E-state index is -1.60. The van der Waals surface area contributed by atoms with Crippen LogP contribution in [0.2, 0.25) is 0 Å². The lowest BCUT2D eigenvalue weighted by atomic mass is 9.98. The van der Waals surface area contributed by atoms with Crippen molar-refractivity contribution in [2.24, 2.45) is 0 Å². The quantitative estimate of drug-likeness (QED) is 0.552. The van der Waals surface area contributed by atoms with Gasteiger partial charge in [0, 0.05) is 17.0 Å². The van der Waals surface area contributed by atoms with Gasteiger partial charge >= 0.3 is 5.97 Å². The topological polar surface area (TPSA) is 99.4 Å². The van der Waals surface area contributed by atoms with Crippen molar-refractivity contribution in [2.75, 3.05) is 18.2 Å². The van der Waals surface area contributed by atoms with Gasteiger partial charge in [-0.25, -0.2) is 0 Å². The molecule has 0 radical (unpaired) electrons. The summed E-state index contributed by atoms with van der Waals surface area (Å²) in [6.45, 7) is 3.45. The number of hydrogen-bond acceptors (Lipinski definition) is 6. The van der Waals surface area contributed by atoms with E-state index in [1.807, 2.05) is 6.26 Å². The zero-order valence-corrected chi connectivity index (χ0v) is 14.9. The Morgan fingerprint density at radius 1 is 1.46 bits per heavy atom. The van der Waals surface area contributed by atoms with E-state index in [4.69, 9.17) is 10.00 Å². The number of rotatable bonds is 8. The monoisotopic (exact) mass is 350 g/mol. The number of thioether (sulfide) groups is 1. The van der Waals surface area contributed by atoms with Crippen LogP contribution in [0.25, 0.3) is 0 Å². The van der Waals surface area contributed by atoms with Crippen molar-refractivity contribution in [1.29, 1.82) is 5.26 Å². The number of anilines is 1. The first-order valence-electron chi connectivity index (χ1n) is 7.61. The predicted molar refractivity (Wildman–Crippen MR) is 92.7 cm³/mol. The average molecular weight is 350 g/mol. The lowest BCUT2D eigenvalue weighted by molar-refractivity contribution is -0.144. The van der Waals surface area contributed by atoms with E-state index in [0.29, 0.717) is 24.3 Å². The maximum Gasteiger partial charge on any atom is 0.305 e. The van der Waals surface area contributed by atoms with E-state index < -0.39 is 11.5 Å². The van der Waals surface area contributed by atoms with Gasteiger partial charge in [0.15, 0.2) is 0 Å². The van der Waals surface area contributed by atoms with Crippen molar-refractivity contribution in [3.8, 4) is 6.07 Å². The summed E-state index contributed by atoms with van der Waals surface area (Å²) in [4.78, 5) is 24.3. The second-order valence-electron chi connectivity index (χ2n) is 5.41. The third kappa shape index (κ3) is 5.87. The van der Waals surface area contributed by atoms with Crippen LogP contribution in [0.4, 0.5) is 5.69 Å². The number of amides is 1. The van der Waals surface area contributed by atoms with Gasteiger partial charge in [0.25, 0.3) is 5.91 Å². The van der Waals surface area contributed by atoms with Crippen LogP contribution in [0.15, 0.2) is 23.1 Å².